The fourth-order valence-corrected chi connectivity index (χ4v) is 1.74. The van der Waals surface area contributed by atoms with Gasteiger partial charge in [0.1, 0.15) is 0 Å². The van der Waals surface area contributed by atoms with Gasteiger partial charge in [-0.2, -0.15) is 13.2 Å². The van der Waals surface area contributed by atoms with Crippen molar-refractivity contribution in [1.82, 2.24) is 5.32 Å². The van der Waals surface area contributed by atoms with Crippen LogP contribution in [0.5, 0.6) is 0 Å². The van der Waals surface area contributed by atoms with E-state index in [0.717, 1.165) is 37.6 Å². The minimum Gasteiger partial charge on any atom is -0.316 e. The van der Waals surface area contributed by atoms with E-state index >= 15 is 0 Å². The zero-order valence-electron chi connectivity index (χ0n) is 11.3. The fourth-order valence-electron chi connectivity index (χ4n) is 1.74. The Hall–Kier alpha value is -1.29. The van der Waals surface area contributed by atoms with Gasteiger partial charge < -0.3 is 5.32 Å². The van der Waals surface area contributed by atoms with E-state index in [0.29, 0.717) is 5.56 Å². The van der Waals surface area contributed by atoms with Gasteiger partial charge in [-0.15, -0.1) is 0 Å². The summed E-state index contributed by atoms with van der Waals surface area (Å²) >= 11 is 0. The molecule has 0 heterocycles. The third kappa shape index (κ3) is 5.47. The van der Waals surface area contributed by atoms with E-state index in [2.05, 4.69) is 12.2 Å². The van der Waals surface area contributed by atoms with Gasteiger partial charge in [0.15, 0.2) is 0 Å². The second-order valence-corrected chi connectivity index (χ2v) is 4.51. The SMILES string of the molecule is CCCNCC/C=C/c1ccc(C(F)(F)F)cc1C. The van der Waals surface area contributed by atoms with Crippen LogP contribution in [0.4, 0.5) is 13.2 Å². The van der Waals surface area contributed by atoms with Crippen LogP contribution in [0.3, 0.4) is 0 Å². The second-order valence-electron chi connectivity index (χ2n) is 4.51. The van der Waals surface area contributed by atoms with Gasteiger partial charge in [-0.05, 0) is 56.1 Å². The minimum atomic E-state index is -4.27. The lowest BCUT2D eigenvalue weighted by atomic mass is 10.0. The molecule has 0 aromatic heterocycles. The zero-order valence-corrected chi connectivity index (χ0v) is 11.3. The highest BCUT2D eigenvalue weighted by Gasteiger charge is 2.30. The molecule has 19 heavy (non-hydrogen) atoms. The van der Waals surface area contributed by atoms with Gasteiger partial charge in [0.2, 0.25) is 0 Å². The predicted molar refractivity (Wildman–Crippen MR) is 73.0 cm³/mol. The standard InChI is InChI=1S/C15H20F3N/c1-3-9-19-10-5-4-6-13-7-8-14(11-12(13)2)15(16,17)18/h4,6-8,11,19H,3,5,9-10H2,1-2H3/b6-4+. The van der Waals surface area contributed by atoms with E-state index in [-0.39, 0.29) is 0 Å². The molecule has 106 valence electrons. The number of halogens is 3. The molecule has 0 atom stereocenters. The van der Waals surface area contributed by atoms with Crippen molar-refractivity contribution in [3.63, 3.8) is 0 Å². The summed E-state index contributed by atoms with van der Waals surface area (Å²) in [5.74, 6) is 0. The van der Waals surface area contributed by atoms with Crippen LogP contribution in [0.25, 0.3) is 6.08 Å². The third-order valence-electron chi connectivity index (χ3n) is 2.81. The van der Waals surface area contributed by atoms with Crippen LogP contribution in [0.2, 0.25) is 0 Å². The Morgan fingerprint density at radius 3 is 2.53 bits per heavy atom. The van der Waals surface area contributed by atoms with E-state index in [1.165, 1.54) is 12.1 Å². The highest BCUT2D eigenvalue weighted by molar-refractivity contribution is 5.54. The first-order valence-electron chi connectivity index (χ1n) is 6.50. The topological polar surface area (TPSA) is 12.0 Å². The van der Waals surface area contributed by atoms with Crippen molar-refractivity contribution in [3.8, 4) is 0 Å². The second kappa shape index (κ2) is 7.34. The first-order valence-corrected chi connectivity index (χ1v) is 6.50. The van der Waals surface area contributed by atoms with Crippen molar-refractivity contribution in [2.24, 2.45) is 0 Å². The number of hydrogen-bond donors (Lipinski definition) is 1. The molecule has 0 aliphatic heterocycles. The molecule has 0 fully saturated rings. The molecule has 0 saturated carbocycles. The number of nitrogens with one attached hydrogen (secondary N) is 1. The molecular weight excluding hydrogens is 251 g/mol. The summed E-state index contributed by atoms with van der Waals surface area (Å²) in [7, 11) is 0. The highest BCUT2D eigenvalue weighted by atomic mass is 19.4. The highest BCUT2D eigenvalue weighted by Crippen LogP contribution is 2.30. The quantitative estimate of drug-likeness (QED) is 0.755. The molecule has 1 aromatic rings. The van der Waals surface area contributed by atoms with Gasteiger partial charge in [0, 0.05) is 0 Å². The van der Waals surface area contributed by atoms with E-state index in [1.807, 2.05) is 12.2 Å². The predicted octanol–water partition coefficient (Wildman–Crippen LogP) is 4.42. The number of benzene rings is 1. The zero-order chi connectivity index (χ0) is 14.3. The average molecular weight is 271 g/mol. The van der Waals surface area contributed by atoms with E-state index in [1.54, 1.807) is 6.92 Å². The van der Waals surface area contributed by atoms with Crippen LogP contribution in [-0.4, -0.2) is 13.1 Å². The van der Waals surface area contributed by atoms with Gasteiger partial charge in [-0.25, -0.2) is 0 Å². The molecule has 0 saturated heterocycles. The van der Waals surface area contributed by atoms with Gasteiger partial charge in [0.05, 0.1) is 5.56 Å². The summed E-state index contributed by atoms with van der Waals surface area (Å²) in [5, 5.41) is 3.26. The normalized spacial score (nSPS) is 12.3. The van der Waals surface area contributed by atoms with Crippen LogP contribution >= 0.6 is 0 Å². The molecule has 0 bridgehead atoms. The monoisotopic (exact) mass is 271 g/mol. The molecule has 0 unspecified atom stereocenters. The lowest BCUT2D eigenvalue weighted by Gasteiger charge is -2.09. The Labute approximate surface area is 112 Å². The molecule has 0 amide bonds. The number of hydrogen-bond acceptors (Lipinski definition) is 1. The Kier molecular flexibility index (Phi) is 6.09. The van der Waals surface area contributed by atoms with Crippen LogP contribution in [0, 0.1) is 6.92 Å². The van der Waals surface area contributed by atoms with Gasteiger partial charge in [0.25, 0.3) is 0 Å². The number of aryl methyl sites for hydroxylation is 1. The molecule has 0 aliphatic rings. The summed E-state index contributed by atoms with van der Waals surface area (Å²) in [4.78, 5) is 0. The van der Waals surface area contributed by atoms with Gasteiger partial charge in [-0.1, -0.05) is 25.1 Å². The summed E-state index contributed by atoms with van der Waals surface area (Å²) < 4.78 is 37.5. The molecule has 1 rings (SSSR count). The van der Waals surface area contributed by atoms with E-state index in [4.69, 9.17) is 0 Å². The average Bonchev–Trinajstić information content (AvgIpc) is 2.34. The lowest BCUT2D eigenvalue weighted by molar-refractivity contribution is -0.137. The van der Waals surface area contributed by atoms with Gasteiger partial charge in [-0.3, -0.25) is 0 Å². The lowest BCUT2D eigenvalue weighted by Crippen LogP contribution is -2.14. The maximum Gasteiger partial charge on any atom is 0.416 e. The van der Waals surface area contributed by atoms with Crippen molar-refractivity contribution in [2.45, 2.75) is 32.9 Å². The molecule has 1 N–H and O–H groups in total. The summed E-state index contributed by atoms with van der Waals surface area (Å²) in [6.07, 6.45) is 1.57. The molecule has 1 aromatic carbocycles. The maximum absolute atomic E-state index is 12.5. The first-order chi connectivity index (χ1) is 8.95. The van der Waals surface area contributed by atoms with Crippen molar-refractivity contribution < 1.29 is 13.2 Å². The minimum absolute atomic E-state index is 0.591. The van der Waals surface area contributed by atoms with E-state index in [9.17, 15) is 13.2 Å². The van der Waals surface area contributed by atoms with E-state index < -0.39 is 11.7 Å². The summed E-state index contributed by atoms with van der Waals surface area (Å²) in [5.41, 5.74) is 0.892. The Morgan fingerprint density at radius 1 is 1.21 bits per heavy atom. The Balaban J connectivity index is 2.58. The summed E-state index contributed by atoms with van der Waals surface area (Å²) in [6.45, 7) is 5.69. The molecule has 1 nitrogen and oxygen atoms in total. The largest absolute Gasteiger partial charge is 0.416 e. The number of alkyl halides is 3. The first kappa shape index (κ1) is 15.8. The Morgan fingerprint density at radius 2 is 1.95 bits per heavy atom. The van der Waals surface area contributed by atoms with Crippen LogP contribution in [0.1, 0.15) is 36.5 Å². The third-order valence-corrected chi connectivity index (χ3v) is 2.81. The maximum atomic E-state index is 12.5. The molecule has 0 aliphatic carbocycles. The van der Waals surface area contributed by atoms with Crippen molar-refractivity contribution in [3.05, 3.63) is 41.0 Å². The smallest absolute Gasteiger partial charge is 0.316 e. The molecule has 4 heteroatoms. The van der Waals surface area contributed by atoms with Crippen molar-refractivity contribution in [1.29, 1.82) is 0 Å². The molecule has 0 spiro atoms. The van der Waals surface area contributed by atoms with Crippen LogP contribution in [0.15, 0.2) is 24.3 Å². The van der Waals surface area contributed by atoms with Gasteiger partial charge >= 0.3 is 6.18 Å². The number of rotatable bonds is 6. The van der Waals surface area contributed by atoms with Crippen molar-refractivity contribution >= 4 is 6.08 Å². The molecular formula is C15H20F3N. The van der Waals surface area contributed by atoms with Crippen LogP contribution < -0.4 is 5.32 Å². The van der Waals surface area contributed by atoms with Crippen LogP contribution in [-0.2, 0) is 6.18 Å². The molecule has 0 radical (unpaired) electrons. The Bertz CT molecular complexity index is 422. The van der Waals surface area contributed by atoms with Crippen molar-refractivity contribution in [2.75, 3.05) is 13.1 Å². The summed E-state index contributed by atoms with van der Waals surface area (Å²) in [6, 6.07) is 3.84. The fraction of sp³-hybridized carbons (Fsp3) is 0.467.